The first kappa shape index (κ1) is 11.8. The second-order valence-corrected chi connectivity index (χ2v) is 4.13. The molecule has 1 aromatic carbocycles. The maximum atomic E-state index is 13.7. The van der Waals surface area contributed by atoms with Gasteiger partial charge in [-0.25, -0.2) is 4.39 Å². The first-order chi connectivity index (χ1) is 8.11. The molecule has 0 bridgehead atoms. The first-order valence-corrected chi connectivity index (χ1v) is 5.65. The largest absolute Gasteiger partial charge is 0.320 e. The standard InChI is InChI=1S/C13H16FN3/c1-3-17-8-10(7-16-17)13(15)11-6-9(2)4-5-12(11)14/h4-8,13H,3,15H2,1-2H3. The summed E-state index contributed by atoms with van der Waals surface area (Å²) in [4.78, 5) is 0. The Morgan fingerprint density at radius 3 is 2.88 bits per heavy atom. The third kappa shape index (κ3) is 2.36. The van der Waals surface area contributed by atoms with Crippen molar-refractivity contribution in [2.75, 3.05) is 0 Å². The summed E-state index contributed by atoms with van der Waals surface area (Å²) in [5.74, 6) is -0.271. The molecule has 0 fully saturated rings. The smallest absolute Gasteiger partial charge is 0.128 e. The molecule has 0 spiro atoms. The Morgan fingerprint density at radius 2 is 2.24 bits per heavy atom. The number of rotatable bonds is 3. The lowest BCUT2D eigenvalue weighted by Gasteiger charge is -2.11. The van der Waals surface area contributed by atoms with Crippen LogP contribution in [-0.2, 0) is 6.54 Å². The molecule has 0 amide bonds. The van der Waals surface area contributed by atoms with Gasteiger partial charge in [-0.3, -0.25) is 4.68 Å². The molecule has 3 nitrogen and oxygen atoms in total. The maximum absolute atomic E-state index is 13.7. The number of halogens is 1. The highest BCUT2D eigenvalue weighted by atomic mass is 19.1. The molecule has 0 aliphatic rings. The molecular weight excluding hydrogens is 217 g/mol. The number of hydrogen-bond acceptors (Lipinski definition) is 2. The van der Waals surface area contributed by atoms with Crippen LogP contribution in [0.3, 0.4) is 0 Å². The minimum Gasteiger partial charge on any atom is -0.320 e. The number of aromatic nitrogens is 2. The lowest BCUT2D eigenvalue weighted by atomic mass is 10.0. The predicted molar refractivity (Wildman–Crippen MR) is 65.1 cm³/mol. The van der Waals surface area contributed by atoms with E-state index in [0.717, 1.165) is 17.7 Å². The third-order valence-electron chi connectivity index (χ3n) is 2.82. The quantitative estimate of drug-likeness (QED) is 0.884. The molecule has 0 radical (unpaired) electrons. The lowest BCUT2D eigenvalue weighted by Crippen LogP contribution is -2.13. The van der Waals surface area contributed by atoms with Crippen molar-refractivity contribution in [2.24, 2.45) is 5.73 Å². The molecule has 17 heavy (non-hydrogen) atoms. The third-order valence-corrected chi connectivity index (χ3v) is 2.82. The summed E-state index contributed by atoms with van der Waals surface area (Å²) in [6.07, 6.45) is 3.54. The van der Waals surface area contributed by atoms with Gasteiger partial charge in [-0.15, -0.1) is 0 Å². The highest BCUT2D eigenvalue weighted by Gasteiger charge is 2.15. The topological polar surface area (TPSA) is 43.8 Å². The molecule has 1 atom stereocenters. The van der Waals surface area contributed by atoms with Gasteiger partial charge in [0, 0.05) is 23.9 Å². The van der Waals surface area contributed by atoms with Gasteiger partial charge in [-0.1, -0.05) is 17.7 Å². The Bertz CT molecular complexity index is 519. The molecule has 0 saturated carbocycles. The molecule has 1 aromatic heterocycles. The van der Waals surface area contributed by atoms with E-state index in [1.54, 1.807) is 23.0 Å². The molecule has 1 unspecified atom stereocenters. The van der Waals surface area contributed by atoms with Gasteiger partial charge in [0.05, 0.1) is 12.2 Å². The van der Waals surface area contributed by atoms with Crippen LogP contribution in [-0.4, -0.2) is 9.78 Å². The van der Waals surface area contributed by atoms with Crippen LogP contribution in [0.2, 0.25) is 0 Å². The van der Waals surface area contributed by atoms with Gasteiger partial charge in [0.25, 0.3) is 0 Å². The number of hydrogen-bond donors (Lipinski definition) is 1. The fourth-order valence-corrected chi connectivity index (χ4v) is 1.79. The van der Waals surface area contributed by atoms with Gasteiger partial charge in [-0.05, 0) is 19.9 Å². The lowest BCUT2D eigenvalue weighted by molar-refractivity contribution is 0.598. The van der Waals surface area contributed by atoms with Crippen molar-refractivity contribution in [2.45, 2.75) is 26.4 Å². The summed E-state index contributed by atoms with van der Waals surface area (Å²) < 4.78 is 15.5. The van der Waals surface area contributed by atoms with Crippen LogP contribution in [0, 0.1) is 12.7 Å². The number of nitrogens with two attached hydrogens (primary N) is 1. The molecular formula is C13H16FN3. The van der Waals surface area contributed by atoms with Crippen LogP contribution in [0.1, 0.15) is 29.7 Å². The molecule has 2 aromatic rings. The summed E-state index contributed by atoms with van der Waals surface area (Å²) in [6, 6.07) is 4.51. The number of nitrogens with zero attached hydrogens (tertiary/aromatic N) is 2. The Hall–Kier alpha value is -1.68. The van der Waals surface area contributed by atoms with E-state index in [9.17, 15) is 4.39 Å². The van der Waals surface area contributed by atoms with Gasteiger partial charge in [0.2, 0.25) is 0 Å². The van der Waals surface area contributed by atoms with Gasteiger partial charge in [0.15, 0.2) is 0 Å². The van der Waals surface area contributed by atoms with E-state index in [1.807, 2.05) is 20.0 Å². The first-order valence-electron chi connectivity index (χ1n) is 5.65. The molecule has 1 heterocycles. The summed E-state index contributed by atoms with van der Waals surface area (Å²) in [5.41, 5.74) is 8.40. The van der Waals surface area contributed by atoms with Crippen LogP contribution in [0.25, 0.3) is 0 Å². The van der Waals surface area contributed by atoms with Crippen LogP contribution in [0.5, 0.6) is 0 Å². The summed E-state index contributed by atoms with van der Waals surface area (Å²) in [6.45, 7) is 4.70. The zero-order chi connectivity index (χ0) is 12.4. The normalized spacial score (nSPS) is 12.7. The molecule has 0 aliphatic heterocycles. The van der Waals surface area contributed by atoms with Crippen molar-refractivity contribution in [1.82, 2.24) is 9.78 Å². The second kappa shape index (κ2) is 4.67. The molecule has 4 heteroatoms. The molecule has 2 N–H and O–H groups in total. The van der Waals surface area contributed by atoms with E-state index in [2.05, 4.69) is 5.10 Å². The van der Waals surface area contributed by atoms with E-state index in [-0.39, 0.29) is 5.82 Å². The van der Waals surface area contributed by atoms with E-state index < -0.39 is 6.04 Å². The van der Waals surface area contributed by atoms with Crippen molar-refractivity contribution >= 4 is 0 Å². The van der Waals surface area contributed by atoms with Gasteiger partial charge in [0.1, 0.15) is 5.82 Å². The second-order valence-electron chi connectivity index (χ2n) is 4.13. The average Bonchev–Trinajstić information content (AvgIpc) is 2.80. The zero-order valence-corrected chi connectivity index (χ0v) is 10.0. The Kier molecular flexibility index (Phi) is 3.24. The summed E-state index contributed by atoms with van der Waals surface area (Å²) in [5, 5.41) is 4.15. The van der Waals surface area contributed by atoms with Gasteiger partial charge >= 0.3 is 0 Å². The van der Waals surface area contributed by atoms with Crippen molar-refractivity contribution in [3.05, 3.63) is 53.1 Å². The minimum atomic E-state index is -0.463. The summed E-state index contributed by atoms with van der Waals surface area (Å²) >= 11 is 0. The van der Waals surface area contributed by atoms with Crippen LogP contribution >= 0.6 is 0 Å². The number of benzene rings is 1. The van der Waals surface area contributed by atoms with E-state index in [1.165, 1.54) is 6.07 Å². The fourth-order valence-electron chi connectivity index (χ4n) is 1.79. The van der Waals surface area contributed by atoms with Crippen molar-refractivity contribution in [1.29, 1.82) is 0 Å². The fraction of sp³-hybridized carbons (Fsp3) is 0.308. The summed E-state index contributed by atoms with van der Waals surface area (Å²) in [7, 11) is 0. The van der Waals surface area contributed by atoms with Gasteiger partial charge < -0.3 is 5.73 Å². The zero-order valence-electron chi connectivity index (χ0n) is 10.0. The van der Waals surface area contributed by atoms with E-state index >= 15 is 0 Å². The molecule has 0 saturated heterocycles. The minimum absolute atomic E-state index is 0.271. The SMILES string of the molecule is CCn1cc(C(N)c2cc(C)ccc2F)cn1. The molecule has 2 rings (SSSR count). The van der Waals surface area contributed by atoms with Crippen LogP contribution in [0.15, 0.2) is 30.6 Å². The van der Waals surface area contributed by atoms with Gasteiger partial charge in [-0.2, -0.15) is 5.10 Å². The van der Waals surface area contributed by atoms with Crippen molar-refractivity contribution < 1.29 is 4.39 Å². The Balaban J connectivity index is 2.35. The van der Waals surface area contributed by atoms with Crippen molar-refractivity contribution in [3.63, 3.8) is 0 Å². The van der Waals surface area contributed by atoms with E-state index in [0.29, 0.717) is 5.56 Å². The molecule has 0 aliphatic carbocycles. The monoisotopic (exact) mass is 233 g/mol. The Labute approximate surface area is 100 Å². The number of aryl methyl sites for hydroxylation is 2. The Morgan fingerprint density at radius 1 is 1.47 bits per heavy atom. The van der Waals surface area contributed by atoms with Crippen molar-refractivity contribution in [3.8, 4) is 0 Å². The average molecular weight is 233 g/mol. The van der Waals surface area contributed by atoms with E-state index in [4.69, 9.17) is 5.73 Å². The highest BCUT2D eigenvalue weighted by Crippen LogP contribution is 2.22. The van der Waals surface area contributed by atoms with Crippen LogP contribution < -0.4 is 5.73 Å². The highest BCUT2D eigenvalue weighted by molar-refractivity contribution is 5.32. The predicted octanol–water partition coefficient (Wildman–Crippen LogP) is 2.40. The molecule has 90 valence electrons. The van der Waals surface area contributed by atoms with Crippen LogP contribution in [0.4, 0.5) is 4.39 Å². The maximum Gasteiger partial charge on any atom is 0.128 e.